The van der Waals surface area contributed by atoms with Gasteiger partial charge in [0.25, 0.3) is 0 Å². The lowest BCUT2D eigenvalue weighted by Gasteiger charge is -2.10. The molecule has 0 unspecified atom stereocenters. The molecule has 0 aliphatic rings. The first-order chi connectivity index (χ1) is 8.33. The normalized spacial score (nSPS) is 10.2. The number of aromatic nitrogens is 1. The minimum absolute atomic E-state index is 0.454. The van der Waals surface area contributed by atoms with Gasteiger partial charge < -0.3 is 15.2 Å². The van der Waals surface area contributed by atoms with Crippen molar-refractivity contribution in [2.45, 2.75) is 13.2 Å². The van der Waals surface area contributed by atoms with Crippen LogP contribution in [-0.4, -0.2) is 12.1 Å². The first-order valence-electron chi connectivity index (χ1n) is 5.21. The Labute approximate surface area is 104 Å². The Bertz CT molecular complexity index is 471. The summed E-state index contributed by atoms with van der Waals surface area (Å²) in [4.78, 5) is 4.15. The first-order valence-corrected chi connectivity index (χ1v) is 6.09. The number of nitrogens with zero attached hydrogens (tertiary/aromatic N) is 1. The van der Waals surface area contributed by atoms with Gasteiger partial charge in [0.15, 0.2) is 11.5 Å². The van der Waals surface area contributed by atoms with Crippen molar-refractivity contribution >= 4 is 11.3 Å². The Morgan fingerprint density at radius 2 is 2.24 bits per heavy atom. The Balaban J connectivity index is 2.09. The largest absolute Gasteiger partial charge is 0.493 e. The van der Waals surface area contributed by atoms with Crippen LogP contribution >= 0.6 is 11.3 Å². The molecule has 2 aromatic rings. The maximum absolute atomic E-state index is 5.65. The van der Waals surface area contributed by atoms with Crippen molar-refractivity contribution in [1.82, 2.24) is 4.98 Å². The number of ether oxygens (including phenoxy) is 2. The highest BCUT2D eigenvalue weighted by Crippen LogP contribution is 2.28. The second-order valence-electron chi connectivity index (χ2n) is 3.40. The SMILES string of the molecule is COc1cc(CN)ccc1OCc1nccs1. The summed E-state index contributed by atoms with van der Waals surface area (Å²) < 4.78 is 10.9. The third-order valence-electron chi connectivity index (χ3n) is 2.30. The van der Waals surface area contributed by atoms with E-state index in [1.165, 1.54) is 0 Å². The number of hydrogen-bond acceptors (Lipinski definition) is 5. The van der Waals surface area contributed by atoms with E-state index in [9.17, 15) is 0 Å². The predicted octanol–water partition coefficient (Wildman–Crippen LogP) is 2.19. The summed E-state index contributed by atoms with van der Waals surface area (Å²) in [6.07, 6.45) is 1.76. The van der Waals surface area contributed by atoms with Gasteiger partial charge in [-0.15, -0.1) is 11.3 Å². The number of thiazole rings is 1. The van der Waals surface area contributed by atoms with Gasteiger partial charge in [0.1, 0.15) is 11.6 Å². The minimum atomic E-state index is 0.454. The summed E-state index contributed by atoms with van der Waals surface area (Å²) in [5, 5.41) is 2.86. The molecule has 1 heterocycles. The van der Waals surface area contributed by atoms with Gasteiger partial charge in [-0.3, -0.25) is 0 Å². The number of hydrogen-bond donors (Lipinski definition) is 1. The number of methoxy groups -OCH3 is 1. The van der Waals surface area contributed by atoms with Crippen LogP contribution in [0.4, 0.5) is 0 Å². The van der Waals surface area contributed by atoms with Crippen molar-refractivity contribution < 1.29 is 9.47 Å². The molecule has 2 rings (SSSR count). The van der Waals surface area contributed by atoms with Crippen LogP contribution in [0.15, 0.2) is 29.8 Å². The molecule has 0 saturated heterocycles. The Morgan fingerprint density at radius 3 is 2.88 bits per heavy atom. The van der Waals surface area contributed by atoms with Crippen LogP contribution in [0.5, 0.6) is 11.5 Å². The fourth-order valence-electron chi connectivity index (χ4n) is 1.42. The van der Waals surface area contributed by atoms with E-state index in [2.05, 4.69) is 4.98 Å². The molecule has 0 aliphatic carbocycles. The smallest absolute Gasteiger partial charge is 0.161 e. The predicted molar refractivity (Wildman–Crippen MR) is 67.3 cm³/mol. The summed E-state index contributed by atoms with van der Waals surface area (Å²) in [5.74, 6) is 1.41. The highest BCUT2D eigenvalue weighted by Gasteiger charge is 2.06. The zero-order valence-electron chi connectivity index (χ0n) is 9.55. The van der Waals surface area contributed by atoms with Gasteiger partial charge in [0.2, 0.25) is 0 Å². The van der Waals surface area contributed by atoms with E-state index >= 15 is 0 Å². The molecule has 17 heavy (non-hydrogen) atoms. The van der Waals surface area contributed by atoms with Gasteiger partial charge >= 0.3 is 0 Å². The molecule has 2 N–H and O–H groups in total. The molecular formula is C12H14N2O2S. The van der Waals surface area contributed by atoms with E-state index < -0.39 is 0 Å². The molecule has 0 atom stereocenters. The minimum Gasteiger partial charge on any atom is -0.493 e. The maximum Gasteiger partial charge on any atom is 0.161 e. The quantitative estimate of drug-likeness (QED) is 0.883. The lowest BCUT2D eigenvalue weighted by atomic mass is 10.2. The van der Waals surface area contributed by atoms with Gasteiger partial charge in [-0.05, 0) is 17.7 Å². The molecule has 0 radical (unpaired) electrons. The Morgan fingerprint density at radius 1 is 1.35 bits per heavy atom. The van der Waals surface area contributed by atoms with Crippen LogP contribution in [0.25, 0.3) is 0 Å². The molecule has 4 nitrogen and oxygen atoms in total. The van der Waals surface area contributed by atoms with Crippen molar-refractivity contribution in [2.75, 3.05) is 7.11 Å². The monoisotopic (exact) mass is 250 g/mol. The van der Waals surface area contributed by atoms with Gasteiger partial charge in [-0.2, -0.15) is 0 Å². The Kier molecular flexibility index (Phi) is 3.95. The van der Waals surface area contributed by atoms with E-state index in [0.717, 1.165) is 10.6 Å². The molecule has 5 heteroatoms. The van der Waals surface area contributed by atoms with Gasteiger partial charge in [-0.1, -0.05) is 6.07 Å². The summed E-state index contributed by atoms with van der Waals surface area (Å²) in [6.45, 7) is 0.944. The third kappa shape index (κ3) is 2.95. The fraction of sp³-hybridized carbons (Fsp3) is 0.250. The average Bonchev–Trinajstić information content (AvgIpc) is 2.89. The van der Waals surface area contributed by atoms with E-state index in [1.54, 1.807) is 24.6 Å². The maximum atomic E-state index is 5.65. The number of benzene rings is 1. The second-order valence-corrected chi connectivity index (χ2v) is 4.38. The van der Waals surface area contributed by atoms with E-state index in [0.29, 0.717) is 24.7 Å². The number of rotatable bonds is 5. The van der Waals surface area contributed by atoms with Gasteiger partial charge in [0, 0.05) is 18.1 Å². The summed E-state index contributed by atoms with van der Waals surface area (Å²) in [6, 6.07) is 5.69. The highest BCUT2D eigenvalue weighted by molar-refractivity contribution is 7.09. The second kappa shape index (κ2) is 5.65. The number of nitrogens with two attached hydrogens (primary N) is 1. The van der Waals surface area contributed by atoms with Gasteiger partial charge in [0.05, 0.1) is 7.11 Å². The van der Waals surface area contributed by atoms with Crippen LogP contribution in [0.3, 0.4) is 0 Å². The van der Waals surface area contributed by atoms with Crippen LogP contribution < -0.4 is 15.2 Å². The van der Waals surface area contributed by atoms with Crippen LogP contribution in [0.2, 0.25) is 0 Å². The average molecular weight is 250 g/mol. The Hall–Kier alpha value is -1.59. The van der Waals surface area contributed by atoms with E-state index in [1.807, 2.05) is 23.6 Å². The lowest BCUT2D eigenvalue weighted by Crippen LogP contribution is -2.00. The van der Waals surface area contributed by atoms with Crippen LogP contribution in [-0.2, 0) is 13.2 Å². The standard InChI is InChI=1S/C12H14N2O2S/c1-15-11-6-9(7-13)2-3-10(11)16-8-12-14-4-5-17-12/h2-6H,7-8,13H2,1H3. The molecule has 0 saturated carbocycles. The molecule has 0 bridgehead atoms. The highest BCUT2D eigenvalue weighted by atomic mass is 32.1. The zero-order chi connectivity index (χ0) is 12.1. The van der Waals surface area contributed by atoms with Crippen molar-refractivity contribution in [2.24, 2.45) is 5.73 Å². The van der Waals surface area contributed by atoms with Crippen LogP contribution in [0.1, 0.15) is 10.6 Å². The van der Waals surface area contributed by atoms with E-state index in [4.69, 9.17) is 15.2 Å². The molecular weight excluding hydrogens is 236 g/mol. The topological polar surface area (TPSA) is 57.4 Å². The molecule has 0 fully saturated rings. The molecule has 0 amide bonds. The molecule has 0 spiro atoms. The fourth-order valence-corrected chi connectivity index (χ4v) is 1.95. The van der Waals surface area contributed by atoms with Crippen molar-refractivity contribution in [1.29, 1.82) is 0 Å². The first kappa shape index (κ1) is 11.9. The molecule has 1 aromatic heterocycles. The van der Waals surface area contributed by atoms with E-state index in [-0.39, 0.29) is 0 Å². The summed E-state index contributed by atoms with van der Waals surface area (Å²) in [5.41, 5.74) is 6.59. The molecule has 0 aliphatic heterocycles. The third-order valence-corrected chi connectivity index (χ3v) is 3.05. The van der Waals surface area contributed by atoms with Crippen molar-refractivity contribution in [3.8, 4) is 11.5 Å². The molecule has 1 aromatic carbocycles. The lowest BCUT2D eigenvalue weighted by molar-refractivity contribution is 0.284. The summed E-state index contributed by atoms with van der Waals surface area (Å²) >= 11 is 1.57. The zero-order valence-corrected chi connectivity index (χ0v) is 10.4. The van der Waals surface area contributed by atoms with Crippen LogP contribution in [0, 0.1) is 0 Å². The molecule has 90 valence electrons. The summed E-state index contributed by atoms with van der Waals surface area (Å²) in [7, 11) is 1.62. The van der Waals surface area contributed by atoms with Crippen molar-refractivity contribution in [3.63, 3.8) is 0 Å². The van der Waals surface area contributed by atoms with Crippen molar-refractivity contribution in [3.05, 3.63) is 40.3 Å². The van der Waals surface area contributed by atoms with Gasteiger partial charge in [-0.25, -0.2) is 4.98 Å².